The molecule has 5 heteroatoms. The molecule has 3 aromatic rings. The van der Waals surface area contributed by atoms with Crippen LogP contribution in [-0.2, 0) is 11.8 Å². The van der Waals surface area contributed by atoms with Crippen LogP contribution in [0.4, 0.5) is 0 Å². The minimum Gasteiger partial charge on any atom is -0.497 e. The molecule has 23 heavy (non-hydrogen) atoms. The molecular weight excluding hydrogens is 292 g/mol. The van der Waals surface area contributed by atoms with Crippen molar-refractivity contribution in [3.05, 3.63) is 58.6 Å². The molecule has 0 radical (unpaired) electrons. The van der Waals surface area contributed by atoms with Gasteiger partial charge >= 0.3 is 0 Å². The Morgan fingerprint density at radius 2 is 1.96 bits per heavy atom. The van der Waals surface area contributed by atoms with Crippen LogP contribution >= 0.6 is 0 Å². The molecule has 1 amide bonds. The molecule has 4 rings (SSSR count). The van der Waals surface area contributed by atoms with Crippen molar-refractivity contribution in [1.29, 1.82) is 0 Å². The number of hydrogen-bond donors (Lipinski definition) is 1. The third-order valence-electron chi connectivity index (χ3n) is 4.23. The van der Waals surface area contributed by atoms with E-state index in [4.69, 9.17) is 4.74 Å². The summed E-state index contributed by atoms with van der Waals surface area (Å²) in [5.41, 5.74) is 1.75. The molecule has 5 nitrogen and oxygen atoms in total. The van der Waals surface area contributed by atoms with Gasteiger partial charge in [0, 0.05) is 17.7 Å². The van der Waals surface area contributed by atoms with Crippen LogP contribution in [0.15, 0.2) is 47.5 Å². The molecule has 0 fully saturated rings. The predicted molar refractivity (Wildman–Crippen MR) is 85.9 cm³/mol. The molecular formula is C18H14N2O3. The Balaban J connectivity index is 2.18. The third-order valence-corrected chi connectivity index (χ3v) is 4.23. The van der Waals surface area contributed by atoms with Crippen molar-refractivity contribution < 1.29 is 14.6 Å². The van der Waals surface area contributed by atoms with Crippen LogP contribution in [0.5, 0.6) is 11.6 Å². The van der Waals surface area contributed by atoms with Crippen molar-refractivity contribution in [3.63, 3.8) is 0 Å². The number of hydrogen-bond acceptors (Lipinski definition) is 3. The molecule has 114 valence electrons. The number of methoxy groups -OCH3 is 1. The van der Waals surface area contributed by atoms with Gasteiger partial charge in [0.05, 0.1) is 29.1 Å². The summed E-state index contributed by atoms with van der Waals surface area (Å²) in [6.07, 6.45) is 0. The number of benzene rings is 2. The minimum absolute atomic E-state index is 0.0449. The van der Waals surface area contributed by atoms with Crippen molar-refractivity contribution in [1.82, 2.24) is 4.57 Å². The van der Waals surface area contributed by atoms with Crippen molar-refractivity contribution in [3.8, 4) is 11.6 Å². The molecule has 0 bridgehead atoms. The van der Waals surface area contributed by atoms with E-state index in [1.54, 1.807) is 24.8 Å². The average Bonchev–Trinajstić information content (AvgIpc) is 3.01. The van der Waals surface area contributed by atoms with E-state index in [1.165, 1.54) is 0 Å². The number of ether oxygens (including phenoxy) is 1. The number of carbonyl (C=O) groups excluding carboxylic acids is 1. The Hall–Kier alpha value is -3.08. The number of nitrogens with zero attached hydrogens (tertiary/aromatic N) is 2. The Morgan fingerprint density at radius 3 is 2.74 bits per heavy atom. The zero-order valence-corrected chi connectivity index (χ0v) is 12.7. The molecule has 0 aliphatic carbocycles. The molecule has 0 unspecified atom stereocenters. The lowest BCUT2D eigenvalue weighted by Crippen LogP contribution is -2.22. The number of para-hydroxylation sites is 1. The fourth-order valence-electron chi connectivity index (χ4n) is 3.09. The number of amides is 1. The number of aryl methyl sites for hydroxylation is 1. The summed E-state index contributed by atoms with van der Waals surface area (Å²) in [5.74, 6) is 0.376. The standard InChI is InChI=1S/C18H14N2O3/c1-20-14-8-7-10(23-2)9-12(14)16(18(20)22)15-11-5-3-4-6-13(11)19-17(15)21/h3-9,22H,1-2H3. The van der Waals surface area contributed by atoms with Gasteiger partial charge in [-0.05, 0) is 24.3 Å². The van der Waals surface area contributed by atoms with Crippen LogP contribution in [-0.4, -0.2) is 22.7 Å². The first-order valence-electron chi connectivity index (χ1n) is 7.20. The topological polar surface area (TPSA) is 63.8 Å². The van der Waals surface area contributed by atoms with Crippen molar-refractivity contribution in [2.45, 2.75) is 0 Å². The maximum Gasteiger partial charge on any atom is 0.279 e. The first-order chi connectivity index (χ1) is 11.1. The lowest BCUT2D eigenvalue weighted by atomic mass is 10.0. The van der Waals surface area contributed by atoms with E-state index in [0.29, 0.717) is 22.2 Å². The summed E-state index contributed by atoms with van der Waals surface area (Å²) >= 11 is 0. The highest BCUT2D eigenvalue weighted by molar-refractivity contribution is 6.25. The highest BCUT2D eigenvalue weighted by Crippen LogP contribution is 2.37. The predicted octanol–water partition coefficient (Wildman–Crippen LogP) is 1.25. The molecule has 2 aromatic carbocycles. The summed E-state index contributed by atoms with van der Waals surface area (Å²) in [5, 5.41) is 12.7. The van der Waals surface area contributed by atoms with Crippen LogP contribution in [0.25, 0.3) is 16.5 Å². The van der Waals surface area contributed by atoms with Gasteiger partial charge in [0.2, 0.25) is 0 Å². The third kappa shape index (κ3) is 1.80. The summed E-state index contributed by atoms with van der Waals surface area (Å²) in [7, 11) is 3.35. The first-order valence-corrected chi connectivity index (χ1v) is 7.20. The summed E-state index contributed by atoms with van der Waals surface area (Å²) < 4.78 is 6.93. The van der Waals surface area contributed by atoms with Gasteiger partial charge in [0.15, 0.2) is 5.88 Å². The SMILES string of the molecule is COc1ccc2c(c1)c(C1=c3ccccc3=NC1=O)c(O)n2C. The van der Waals surface area contributed by atoms with Gasteiger partial charge in [-0.15, -0.1) is 0 Å². The second-order valence-corrected chi connectivity index (χ2v) is 5.45. The van der Waals surface area contributed by atoms with Gasteiger partial charge in [-0.2, -0.15) is 0 Å². The van der Waals surface area contributed by atoms with Gasteiger partial charge in [0.1, 0.15) is 5.75 Å². The number of rotatable bonds is 2. The molecule has 0 saturated heterocycles. The maximum absolute atomic E-state index is 12.4. The highest BCUT2D eigenvalue weighted by Gasteiger charge is 2.26. The van der Waals surface area contributed by atoms with Gasteiger partial charge in [0.25, 0.3) is 5.91 Å². The van der Waals surface area contributed by atoms with Crippen LogP contribution in [0.2, 0.25) is 0 Å². The molecule has 2 heterocycles. The summed E-state index contributed by atoms with van der Waals surface area (Å²) in [6.45, 7) is 0. The largest absolute Gasteiger partial charge is 0.497 e. The lowest BCUT2D eigenvalue weighted by Gasteiger charge is -2.02. The fraction of sp³-hybridized carbons (Fsp3) is 0.111. The van der Waals surface area contributed by atoms with Gasteiger partial charge < -0.3 is 14.4 Å². The summed E-state index contributed by atoms with van der Waals surface area (Å²) in [6, 6.07) is 12.8. The summed E-state index contributed by atoms with van der Waals surface area (Å²) in [4.78, 5) is 16.5. The molecule has 0 spiro atoms. The highest BCUT2D eigenvalue weighted by atomic mass is 16.5. The van der Waals surface area contributed by atoms with Crippen LogP contribution in [0.3, 0.4) is 0 Å². The second-order valence-electron chi connectivity index (χ2n) is 5.45. The molecule has 1 aliphatic rings. The van der Waals surface area contributed by atoms with Crippen molar-refractivity contribution in [2.75, 3.05) is 7.11 Å². The van der Waals surface area contributed by atoms with Crippen LogP contribution in [0.1, 0.15) is 5.56 Å². The Morgan fingerprint density at radius 1 is 1.17 bits per heavy atom. The Labute approximate surface area is 131 Å². The van der Waals surface area contributed by atoms with Crippen molar-refractivity contribution in [2.24, 2.45) is 12.0 Å². The van der Waals surface area contributed by atoms with Crippen molar-refractivity contribution >= 4 is 22.4 Å². The van der Waals surface area contributed by atoms with E-state index in [0.717, 1.165) is 16.1 Å². The van der Waals surface area contributed by atoms with E-state index in [-0.39, 0.29) is 11.8 Å². The van der Waals surface area contributed by atoms with Crippen LogP contribution < -0.4 is 15.3 Å². The number of aromatic hydroxyl groups is 1. The molecule has 0 atom stereocenters. The Kier molecular flexibility index (Phi) is 2.78. The van der Waals surface area contributed by atoms with E-state index in [2.05, 4.69) is 4.99 Å². The number of carbonyl (C=O) groups is 1. The van der Waals surface area contributed by atoms with Gasteiger partial charge in [-0.25, -0.2) is 4.99 Å². The number of aromatic nitrogens is 1. The first kappa shape index (κ1) is 13.6. The minimum atomic E-state index is -0.336. The van der Waals surface area contributed by atoms with E-state index < -0.39 is 0 Å². The van der Waals surface area contributed by atoms with Gasteiger partial charge in [-0.1, -0.05) is 18.2 Å². The zero-order chi connectivity index (χ0) is 16.1. The second kappa shape index (κ2) is 4.71. The van der Waals surface area contributed by atoms with Crippen LogP contribution in [0, 0.1) is 0 Å². The molecule has 1 N–H and O–H groups in total. The molecule has 1 aliphatic heterocycles. The molecule has 1 aromatic heterocycles. The van der Waals surface area contributed by atoms with Gasteiger partial charge in [-0.3, -0.25) is 4.79 Å². The van der Waals surface area contributed by atoms with E-state index in [1.807, 2.05) is 36.4 Å². The van der Waals surface area contributed by atoms with E-state index in [9.17, 15) is 9.90 Å². The smallest absolute Gasteiger partial charge is 0.279 e. The quantitative estimate of drug-likeness (QED) is 0.775. The average molecular weight is 306 g/mol. The fourth-order valence-corrected chi connectivity index (χ4v) is 3.09. The lowest BCUT2D eigenvalue weighted by molar-refractivity contribution is -0.112. The monoisotopic (exact) mass is 306 g/mol. The normalized spacial score (nSPS) is 13.3. The zero-order valence-electron chi connectivity index (χ0n) is 12.7. The molecule has 0 saturated carbocycles. The number of fused-ring (bicyclic) bond motifs is 2. The Bertz CT molecular complexity index is 1090. The van der Waals surface area contributed by atoms with E-state index >= 15 is 0 Å². The maximum atomic E-state index is 12.4.